The van der Waals surface area contributed by atoms with Gasteiger partial charge in [0.25, 0.3) is 23.4 Å². The lowest BCUT2D eigenvalue weighted by molar-refractivity contribution is -0.385. The molecule has 3 amide bonds. The van der Waals surface area contributed by atoms with E-state index in [2.05, 4.69) is 5.32 Å². The lowest BCUT2D eigenvalue weighted by atomic mass is 10.0. The normalized spacial score (nSPS) is 12.5. The molecule has 0 saturated heterocycles. The molecule has 3 rings (SSSR count). The van der Waals surface area contributed by atoms with E-state index in [4.69, 9.17) is 4.74 Å². The van der Waals surface area contributed by atoms with Crippen LogP contribution >= 0.6 is 0 Å². The Morgan fingerprint density at radius 3 is 2.25 bits per heavy atom. The summed E-state index contributed by atoms with van der Waals surface area (Å²) in [5.74, 6) is -3.34. The molecule has 1 aliphatic heterocycles. The van der Waals surface area contributed by atoms with Crippen LogP contribution in [0.3, 0.4) is 0 Å². The second kappa shape index (κ2) is 9.38. The first-order chi connectivity index (χ1) is 15.3. The number of hydrogen-bond donors (Lipinski definition) is 1. The molecule has 166 valence electrons. The van der Waals surface area contributed by atoms with Gasteiger partial charge in [0.15, 0.2) is 6.61 Å². The molecule has 0 bridgehead atoms. The molecule has 0 unspecified atom stereocenters. The second-order valence-electron chi connectivity index (χ2n) is 7.02. The quantitative estimate of drug-likeness (QED) is 0.289. The van der Waals surface area contributed by atoms with E-state index < -0.39 is 47.5 Å². The van der Waals surface area contributed by atoms with Gasteiger partial charge in [0.1, 0.15) is 12.1 Å². The van der Waals surface area contributed by atoms with Crippen LogP contribution in [-0.4, -0.2) is 46.7 Å². The minimum atomic E-state index is -0.989. The predicted octanol–water partition coefficient (Wildman–Crippen LogP) is 2.50. The Labute approximate surface area is 183 Å². The highest BCUT2D eigenvalue weighted by atomic mass is 16.6. The number of anilines is 1. The van der Waals surface area contributed by atoms with Crippen LogP contribution in [0.15, 0.2) is 36.4 Å². The third-order valence-corrected chi connectivity index (χ3v) is 5.09. The smallest absolute Gasteiger partial charge is 0.326 e. The van der Waals surface area contributed by atoms with E-state index in [9.17, 15) is 29.3 Å². The van der Waals surface area contributed by atoms with E-state index >= 15 is 0 Å². The summed E-state index contributed by atoms with van der Waals surface area (Å²) in [5, 5.41) is 13.9. The van der Waals surface area contributed by atoms with Crippen molar-refractivity contribution in [3.05, 3.63) is 68.8 Å². The van der Waals surface area contributed by atoms with Gasteiger partial charge in [0.05, 0.1) is 10.5 Å². The Kier molecular flexibility index (Phi) is 6.62. The molecular weight excluding hydrogens is 418 g/mol. The zero-order valence-corrected chi connectivity index (χ0v) is 17.5. The van der Waals surface area contributed by atoms with E-state index in [0.29, 0.717) is 23.4 Å². The van der Waals surface area contributed by atoms with Crippen LogP contribution in [0.25, 0.3) is 0 Å². The summed E-state index contributed by atoms with van der Waals surface area (Å²) in [6.07, 6.45) is 1.41. The summed E-state index contributed by atoms with van der Waals surface area (Å²) in [7, 11) is 0. The van der Waals surface area contributed by atoms with Gasteiger partial charge in [-0.3, -0.25) is 34.2 Å². The zero-order chi connectivity index (χ0) is 23.4. The van der Waals surface area contributed by atoms with Crippen LogP contribution in [0.5, 0.6) is 0 Å². The van der Waals surface area contributed by atoms with Gasteiger partial charge in [-0.2, -0.15) is 0 Å². The Bertz CT molecular complexity index is 1100. The van der Waals surface area contributed by atoms with Crippen molar-refractivity contribution in [2.24, 2.45) is 0 Å². The van der Waals surface area contributed by atoms with Crippen LogP contribution in [-0.2, 0) is 27.2 Å². The Balaban J connectivity index is 1.63. The topological polar surface area (TPSA) is 136 Å². The molecule has 1 N–H and O–H groups in total. The molecule has 32 heavy (non-hydrogen) atoms. The van der Waals surface area contributed by atoms with E-state index in [1.165, 1.54) is 12.1 Å². The standard InChI is InChI=1S/C22H21N3O7/c1-3-13-7-5-8-14(4-2)20(13)23-17(26)12-32-18(27)11-24-21(28)15-9-6-10-16(25(30)31)19(15)22(24)29/h5-10H,3-4,11-12H2,1-2H3,(H,23,26). The maximum atomic E-state index is 12.5. The van der Waals surface area contributed by atoms with Crippen LogP contribution < -0.4 is 5.32 Å². The Hall–Kier alpha value is -4.08. The van der Waals surface area contributed by atoms with Crippen molar-refractivity contribution in [2.45, 2.75) is 26.7 Å². The molecule has 2 aromatic rings. The van der Waals surface area contributed by atoms with Gasteiger partial charge < -0.3 is 10.1 Å². The third kappa shape index (κ3) is 4.34. The molecule has 1 aliphatic rings. The molecule has 2 aromatic carbocycles. The van der Waals surface area contributed by atoms with Crippen LogP contribution in [0.2, 0.25) is 0 Å². The van der Waals surface area contributed by atoms with Crippen molar-refractivity contribution in [3.8, 4) is 0 Å². The zero-order valence-electron chi connectivity index (χ0n) is 17.5. The molecular formula is C22H21N3O7. The number of fused-ring (bicyclic) bond motifs is 1. The molecule has 1 heterocycles. The van der Waals surface area contributed by atoms with Crippen molar-refractivity contribution in [1.82, 2.24) is 4.90 Å². The lowest BCUT2D eigenvalue weighted by Crippen LogP contribution is -2.36. The first kappa shape index (κ1) is 22.6. The first-order valence-electron chi connectivity index (χ1n) is 9.98. The summed E-state index contributed by atoms with van der Waals surface area (Å²) >= 11 is 0. The fourth-order valence-corrected chi connectivity index (χ4v) is 3.51. The monoisotopic (exact) mass is 439 g/mol. The van der Waals surface area contributed by atoms with Gasteiger partial charge in [0, 0.05) is 11.8 Å². The molecule has 0 saturated carbocycles. The van der Waals surface area contributed by atoms with Gasteiger partial charge in [-0.25, -0.2) is 0 Å². The number of imide groups is 1. The third-order valence-electron chi connectivity index (χ3n) is 5.09. The minimum absolute atomic E-state index is 0.155. The number of amides is 3. The number of carbonyl (C=O) groups is 4. The van der Waals surface area contributed by atoms with Gasteiger partial charge in [-0.05, 0) is 30.0 Å². The Morgan fingerprint density at radius 1 is 1.03 bits per heavy atom. The largest absolute Gasteiger partial charge is 0.454 e. The number of benzene rings is 2. The van der Waals surface area contributed by atoms with Crippen molar-refractivity contribution in [3.63, 3.8) is 0 Å². The number of nitrogens with zero attached hydrogens (tertiary/aromatic N) is 2. The van der Waals surface area contributed by atoms with Crippen molar-refractivity contribution >= 4 is 35.1 Å². The number of nitro benzene ring substituents is 1. The van der Waals surface area contributed by atoms with Gasteiger partial charge >= 0.3 is 5.97 Å². The van der Waals surface area contributed by atoms with Crippen molar-refractivity contribution in [2.75, 3.05) is 18.5 Å². The van der Waals surface area contributed by atoms with Gasteiger partial charge in [-0.1, -0.05) is 38.1 Å². The number of ether oxygens (including phenoxy) is 1. The number of hydrogen-bond acceptors (Lipinski definition) is 7. The molecule has 0 radical (unpaired) electrons. The van der Waals surface area contributed by atoms with E-state index in [1.54, 1.807) is 0 Å². The maximum Gasteiger partial charge on any atom is 0.326 e. The number of esters is 1. The SMILES string of the molecule is CCc1cccc(CC)c1NC(=O)COC(=O)CN1C(=O)c2cccc([N+](=O)[O-])c2C1=O. The lowest BCUT2D eigenvalue weighted by Gasteiger charge is -2.15. The first-order valence-corrected chi connectivity index (χ1v) is 9.98. The highest BCUT2D eigenvalue weighted by molar-refractivity contribution is 6.24. The van der Waals surface area contributed by atoms with E-state index in [0.717, 1.165) is 17.2 Å². The summed E-state index contributed by atoms with van der Waals surface area (Å²) in [6, 6.07) is 9.35. The van der Waals surface area contributed by atoms with Crippen molar-refractivity contribution < 1.29 is 28.8 Å². The summed E-state index contributed by atoms with van der Waals surface area (Å²) < 4.78 is 4.93. The summed E-state index contributed by atoms with van der Waals surface area (Å²) in [5.41, 5.74) is 1.52. The molecule has 10 nitrogen and oxygen atoms in total. The number of para-hydroxylation sites is 1. The maximum absolute atomic E-state index is 12.5. The Morgan fingerprint density at radius 2 is 1.66 bits per heavy atom. The van der Waals surface area contributed by atoms with E-state index in [1.807, 2.05) is 32.0 Å². The molecule has 0 spiro atoms. The average molecular weight is 439 g/mol. The highest BCUT2D eigenvalue weighted by Crippen LogP contribution is 2.30. The van der Waals surface area contributed by atoms with E-state index in [-0.39, 0.29) is 11.1 Å². The molecule has 0 aliphatic carbocycles. The van der Waals surface area contributed by atoms with Crippen molar-refractivity contribution in [1.29, 1.82) is 0 Å². The fraction of sp³-hybridized carbons (Fsp3) is 0.273. The van der Waals surface area contributed by atoms with Gasteiger partial charge in [0.2, 0.25) is 0 Å². The number of nitro groups is 1. The number of carbonyl (C=O) groups excluding carboxylic acids is 4. The second-order valence-corrected chi connectivity index (χ2v) is 7.02. The molecule has 0 aromatic heterocycles. The minimum Gasteiger partial charge on any atom is -0.454 e. The fourth-order valence-electron chi connectivity index (χ4n) is 3.51. The molecule has 0 fully saturated rings. The number of rotatable bonds is 8. The highest BCUT2D eigenvalue weighted by Gasteiger charge is 2.41. The molecule has 10 heteroatoms. The predicted molar refractivity (Wildman–Crippen MR) is 113 cm³/mol. The number of aryl methyl sites for hydroxylation is 2. The van der Waals surface area contributed by atoms with Crippen LogP contribution in [0.1, 0.15) is 45.7 Å². The van der Waals surface area contributed by atoms with Crippen LogP contribution in [0.4, 0.5) is 11.4 Å². The average Bonchev–Trinajstić information content (AvgIpc) is 3.02. The molecule has 0 atom stereocenters. The summed E-state index contributed by atoms with van der Waals surface area (Å²) in [4.78, 5) is 60.4. The summed E-state index contributed by atoms with van der Waals surface area (Å²) in [6.45, 7) is 2.54. The van der Waals surface area contributed by atoms with Crippen LogP contribution in [0, 0.1) is 10.1 Å². The van der Waals surface area contributed by atoms with Gasteiger partial charge in [-0.15, -0.1) is 0 Å². The number of nitrogens with one attached hydrogen (secondary N) is 1.